The summed E-state index contributed by atoms with van der Waals surface area (Å²) in [4.78, 5) is 6.91. The van der Waals surface area contributed by atoms with Crippen molar-refractivity contribution in [3.63, 3.8) is 0 Å². The minimum Gasteiger partial charge on any atom is -0.497 e. The van der Waals surface area contributed by atoms with Crippen LogP contribution in [0.15, 0.2) is 53.5 Å². The number of nitrogens with one attached hydrogen (secondary N) is 1. The Morgan fingerprint density at radius 2 is 1.97 bits per heavy atom. The zero-order valence-electron chi connectivity index (χ0n) is 17.3. The number of methoxy groups -OCH3 is 1. The molecule has 1 fully saturated rings. The first kappa shape index (κ1) is 23.1. The van der Waals surface area contributed by atoms with Crippen LogP contribution >= 0.6 is 24.0 Å². The predicted molar refractivity (Wildman–Crippen MR) is 131 cm³/mol. The molecule has 0 amide bonds. The Labute approximate surface area is 190 Å². The molecule has 1 unspecified atom stereocenters. The number of nitrogens with zero attached hydrogens (tertiary/aromatic N) is 2. The third-order valence-corrected chi connectivity index (χ3v) is 4.72. The molecule has 29 heavy (non-hydrogen) atoms. The SMILES string of the molecule is COc1cccc(N2CCC(CN=C(N)Nc3ccc(OC(C)C)cc3)C2)c1.I. The fourth-order valence-electron chi connectivity index (χ4n) is 3.33. The highest BCUT2D eigenvalue weighted by atomic mass is 127. The van der Waals surface area contributed by atoms with Crippen molar-refractivity contribution in [2.24, 2.45) is 16.6 Å². The van der Waals surface area contributed by atoms with Gasteiger partial charge in [0.05, 0.1) is 13.2 Å². The molecule has 0 bridgehead atoms. The van der Waals surface area contributed by atoms with Gasteiger partial charge in [-0.1, -0.05) is 6.07 Å². The average Bonchev–Trinajstić information content (AvgIpc) is 3.17. The van der Waals surface area contributed by atoms with Gasteiger partial charge in [0.25, 0.3) is 0 Å². The van der Waals surface area contributed by atoms with Crippen molar-refractivity contribution in [3.05, 3.63) is 48.5 Å². The predicted octanol–water partition coefficient (Wildman–Crippen LogP) is 4.35. The van der Waals surface area contributed by atoms with Gasteiger partial charge < -0.3 is 25.4 Å². The Morgan fingerprint density at radius 3 is 2.66 bits per heavy atom. The lowest BCUT2D eigenvalue weighted by atomic mass is 10.1. The van der Waals surface area contributed by atoms with E-state index in [-0.39, 0.29) is 30.1 Å². The van der Waals surface area contributed by atoms with E-state index in [2.05, 4.69) is 27.3 Å². The summed E-state index contributed by atoms with van der Waals surface area (Å²) in [5.74, 6) is 2.67. The molecule has 7 heteroatoms. The van der Waals surface area contributed by atoms with Crippen LogP contribution < -0.4 is 25.4 Å². The van der Waals surface area contributed by atoms with E-state index in [1.165, 1.54) is 5.69 Å². The second-order valence-corrected chi connectivity index (χ2v) is 7.34. The zero-order chi connectivity index (χ0) is 19.9. The van der Waals surface area contributed by atoms with Gasteiger partial charge >= 0.3 is 0 Å². The topological polar surface area (TPSA) is 72.1 Å². The fraction of sp³-hybridized carbons (Fsp3) is 0.409. The first-order valence-electron chi connectivity index (χ1n) is 9.76. The normalized spacial score (nSPS) is 16.5. The van der Waals surface area contributed by atoms with E-state index < -0.39 is 0 Å². The maximum Gasteiger partial charge on any atom is 0.193 e. The lowest BCUT2D eigenvalue weighted by Crippen LogP contribution is -2.25. The number of hydrogen-bond acceptors (Lipinski definition) is 4. The molecule has 0 radical (unpaired) electrons. The van der Waals surface area contributed by atoms with Crippen molar-refractivity contribution < 1.29 is 9.47 Å². The molecule has 0 aliphatic carbocycles. The van der Waals surface area contributed by atoms with Crippen molar-refractivity contribution in [1.29, 1.82) is 0 Å². The van der Waals surface area contributed by atoms with Crippen LogP contribution in [0.2, 0.25) is 0 Å². The van der Waals surface area contributed by atoms with E-state index in [0.29, 0.717) is 18.4 Å². The standard InChI is InChI=1S/C22H30N4O2.HI/c1-16(2)28-20-9-7-18(8-10-20)25-22(23)24-14-17-11-12-26(15-17)19-5-4-6-21(13-19)27-3;/h4-10,13,16-17H,11-12,14-15H2,1-3H3,(H3,23,24,25);1H. The molecule has 0 spiro atoms. The number of ether oxygens (including phenoxy) is 2. The van der Waals surface area contributed by atoms with Gasteiger partial charge in [-0.2, -0.15) is 0 Å². The van der Waals surface area contributed by atoms with E-state index in [4.69, 9.17) is 15.2 Å². The van der Waals surface area contributed by atoms with E-state index >= 15 is 0 Å². The maximum atomic E-state index is 6.06. The Hall–Kier alpha value is -2.16. The highest BCUT2D eigenvalue weighted by molar-refractivity contribution is 14.0. The van der Waals surface area contributed by atoms with Crippen LogP contribution in [0.1, 0.15) is 20.3 Å². The molecule has 158 valence electrons. The van der Waals surface area contributed by atoms with Gasteiger partial charge in [0.2, 0.25) is 0 Å². The summed E-state index contributed by atoms with van der Waals surface area (Å²) in [7, 11) is 1.70. The van der Waals surface area contributed by atoms with Crippen molar-refractivity contribution in [1.82, 2.24) is 0 Å². The van der Waals surface area contributed by atoms with Gasteiger partial charge in [-0.25, -0.2) is 0 Å². The first-order valence-corrected chi connectivity index (χ1v) is 9.76. The molecule has 0 aromatic heterocycles. The lowest BCUT2D eigenvalue weighted by molar-refractivity contribution is 0.242. The van der Waals surface area contributed by atoms with Crippen molar-refractivity contribution >= 4 is 41.3 Å². The summed E-state index contributed by atoms with van der Waals surface area (Å²) in [6.45, 7) is 6.74. The van der Waals surface area contributed by atoms with Gasteiger partial charge in [0.15, 0.2) is 5.96 Å². The van der Waals surface area contributed by atoms with Crippen molar-refractivity contribution in [3.8, 4) is 11.5 Å². The van der Waals surface area contributed by atoms with Crippen LogP contribution in [0.5, 0.6) is 11.5 Å². The molecule has 1 aliphatic rings. The van der Waals surface area contributed by atoms with Gasteiger partial charge in [0.1, 0.15) is 11.5 Å². The second kappa shape index (κ2) is 11.1. The second-order valence-electron chi connectivity index (χ2n) is 7.34. The number of nitrogens with two attached hydrogens (primary N) is 1. The molecule has 2 aromatic carbocycles. The van der Waals surface area contributed by atoms with Crippen LogP contribution in [0.3, 0.4) is 0 Å². The molecule has 1 saturated heterocycles. The molecule has 1 atom stereocenters. The molecule has 3 N–H and O–H groups in total. The van der Waals surface area contributed by atoms with Crippen LogP contribution in [-0.2, 0) is 0 Å². The van der Waals surface area contributed by atoms with Gasteiger partial charge in [-0.05, 0) is 62.6 Å². The number of rotatable bonds is 7. The van der Waals surface area contributed by atoms with Crippen LogP contribution in [0.25, 0.3) is 0 Å². The number of benzene rings is 2. The monoisotopic (exact) mass is 510 g/mol. The highest BCUT2D eigenvalue weighted by Crippen LogP contribution is 2.27. The molecular formula is C22H31IN4O2. The first-order chi connectivity index (χ1) is 13.5. The third kappa shape index (κ3) is 6.99. The summed E-state index contributed by atoms with van der Waals surface area (Å²) in [5.41, 5.74) is 8.16. The molecule has 2 aromatic rings. The number of hydrogen-bond donors (Lipinski definition) is 2. The Bertz CT molecular complexity index is 796. The van der Waals surface area contributed by atoms with Gasteiger partial charge in [-0.3, -0.25) is 4.99 Å². The maximum absolute atomic E-state index is 6.06. The summed E-state index contributed by atoms with van der Waals surface area (Å²) < 4.78 is 11.0. The number of anilines is 2. The van der Waals surface area contributed by atoms with Crippen LogP contribution in [0, 0.1) is 5.92 Å². The van der Waals surface area contributed by atoms with Gasteiger partial charge in [-0.15, -0.1) is 24.0 Å². The third-order valence-electron chi connectivity index (χ3n) is 4.72. The van der Waals surface area contributed by atoms with Crippen LogP contribution in [-0.4, -0.2) is 38.8 Å². The van der Waals surface area contributed by atoms with E-state index in [1.54, 1.807) is 7.11 Å². The lowest BCUT2D eigenvalue weighted by Gasteiger charge is -2.19. The fourth-order valence-corrected chi connectivity index (χ4v) is 3.33. The van der Waals surface area contributed by atoms with E-state index in [1.807, 2.05) is 50.2 Å². The Morgan fingerprint density at radius 1 is 1.21 bits per heavy atom. The molecule has 3 rings (SSSR count). The van der Waals surface area contributed by atoms with E-state index in [9.17, 15) is 0 Å². The highest BCUT2D eigenvalue weighted by Gasteiger charge is 2.22. The van der Waals surface area contributed by atoms with Crippen molar-refractivity contribution in [2.45, 2.75) is 26.4 Å². The smallest absolute Gasteiger partial charge is 0.193 e. The number of halogens is 1. The summed E-state index contributed by atoms with van der Waals surface area (Å²) in [5, 5.41) is 3.15. The number of aliphatic imine (C=N–C) groups is 1. The molecule has 0 saturated carbocycles. The summed E-state index contributed by atoms with van der Waals surface area (Å²) >= 11 is 0. The van der Waals surface area contributed by atoms with E-state index in [0.717, 1.165) is 36.7 Å². The molecule has 1 aliphatic heterocycles. The molecule has 1 heterocycles. The Kier molecular flexibility index (Phi) is 8.88. The van der Waals surface area contributed by atoms with Gasteiger partial charge in [0, 0.05) is 37.1 Å². The van der Waals surface area contributed by atoms with Crippen molar-refractivity contribution in [2.75, 3.05) is 37.0 Å². The molecular weight excluding hydrogens is 479 g/mol. The van der Waals surface area contributed by atoms with Crippen LogP contribution in [0.4, 0.5) is 11.4 Å². The zero-order valence-corrected chi connectivity index (χ0v) is 19.6. The Balaban J connectivity index is 0.00000300. The average molecular weight is 510 g/mol. The summed E-state index contributed by atoms with van der Waals surface area (Å²) in [6.07, 6.45) is 1.27. The largest absolute Gasteiger partial charge is 0.497 e. The minimum atomic E-state index is 0. The summed E-state index contributed by atoms with van der Waals surface area (Å²) in [6, 6.07) is 15.9. The molecule has 6 nitrogen and oxygen atoms in total. The minimum absolute atomic E-state index is 0. The number of guanidine groups is 1. The quantitative estimate of drug-likeness (QED) is 0.329.